The first-order valence-electron chi connectivity index (χ1n) is 7.76. The highest BCUT2D eigenvalue weighted by Gasteiger charge is 2.45. The van der Waals surface area contributed by atoms with Crippen LogP contribution in [0, 0.1) is 18.2 Å². The van der Waals surface area contributed by atoms with Crippen molar-refractivity contribution in [1.29, 1.82) is 0 Å². The van der Waals surface area contributed by atoms with Crippen LogP contribution in [0.1, 0.15) is 23.1 Å². The molecule has 1 aliphatic carbocycles. The van der Waals surface area contributed by atoms with E-state index >= 15 is 0 Å². The molecule has 0 spiro atoms. The number of benzene rings is 2. The number of halogens is 1. The van der Waals surface area contributed by atoms with Gasteiger partial charge in [0.1, 0.15) is 5.82 Å². The number of carbonyl (C=O) groups excluding carboxylic acids is 1. The zero-order valence-electron chi connectivity index (χ0n) is 13.3. The summed E-state index contributed by atoms with van der Waals surface area (Å²) < 4.78 is 13.9. The molecule has 5 heteroatoms. The molecule has 2 N–H and O–H groups in total. The number of fused-ring (bicyclic) bond motifs is 1. The number of aliphatic carboxylic acids is 1. The van der Waals surface area contributed by atoms with Crippen molar-refractivity contribution in [3.63, 3.8) is 0 Å². The van der Waals surface area contributed by atoms with E-state index in [9.17, 15) is 19.1 Å². The van der Waals surface area contributed by atoms with Crippen LogP contribution in [0.5, 0.6) is 0 Å². The molecule has 2 aromatic carbocycles. The Bertz CT molecular complexity index is 791. The second-order valence-corrected chi connectivity index (χ2v) is 6.42. The molecule has 0 radical (unpaired) electrons. The monoisotopic (exact) mass is 327 g/mol. The number of carbonyl (C=O) groups is 2. The van der Waals surface area contributed by atoms with Crippen LogP contribution in [-0.2, 0) is 22.4 Å². The van der Waals surface area contributed by atoms with Gasteiger partial charge in [0.05, 0.1) is 11.1 Å². The Labute approximate surface area is 139 Å². The van der Waals surface area contributed by atoms with Crippen LogP contribution in [0.15, 0.2) is 42.5 Å². The van der Waals surface area contributed by atoms with Gasteiger partial charge in [0.2, 0.25) is 5.91 Å². The molecule has 0 aliphatic heterocycles. The normalized spacial score (nSPS) is 14.9. The van der Waals surface area contributed by atoms with Crippen LogP contribution in [0.4, 0.5) is 10.1 Å². The van der Waals surface area contributed by atoms with E-state index < -0.39 is 23.1 Å². The number of rotatable bonds is 4. The van der Waals surface area contributed by atoms with Gasteiger partial charge >= 0.3 is 5.97 Å². The van der Waals surface area contributed by atoms with Crippen molar-refractivity contribution in [2.24, 2.45) is 5.41 Å². The minimum Gasteiger partial charge on any atom is -0.481 e. The Hall–Kier alpha value is -2.69. The molecule has 3 rings (SSSR count). The summed E-state index contributed by atoms with van der Waals surface area (Å²) in [5, 5.41) is 12.2. The van der Waals surface area contributed by atoms with Crippen molar-refractivity contribution in [1.82, 2.24) is 0 Å². The molecule has 1 amide bonds. The van der Waals surface area contributed by atoms with Crippen LogP contribution < -0.4 is 5.32 Å². The number of carboxylic acids is 1. The molecular formula is C19H18FNO3. The molecule has 0 unspecified atom stereocenters. The number of hydrogen-bond acceptors (Lipinski definition) is 2. The molecule has 24 heavy (non-hydrogen) atoms. The van der Waals surface area contributed by atoms with E-state index in [0.717, 1.165) is 16.7 Å². The van der Waals surface area contributed by atoms with Crippen LogP contribution in [0.3, 0.4) is 0 Å². The molecule has 0 saturated carbocycles. The van der Waals surface area contributed by atoms with Gasteiger partial charge in [-0.1, -0.05) is 30.3 Å². The third-order valence-electron chi connectivity index (χ3n) is 4.53. The van der Waals surface area contributed by atoms with E-state index in [-0.39, 0.29) is 12.1 Å². The maximum Gasteiger partial charge on any atom is 0.310 e. The minimum atomic E-state index is -1.17. The van der Waals surface area contributed by atoms with Crippen molar-refractivity contribution in [3.8, 4) is 0 Å². The maximum absolute atomic E-state index is 13.9. The van der Waals surface area contributed by atoms with Gasteiger partial charge in [-0.3, -0.25) is 9.59 Å². The van der Waals surface area contributed by atoms with E-state index in [1.165, 1.54) is 12.1 Å². The largest absolute Gasteiger partial charge is 0.481 e. The lowest BCUT2D eigenvalue weighted by atomic mass is 9.81. The lowest BCUT2D eigenvalue weighted by Gasteiger charge is -2.23. The topological polar surface area (TPSA) is 66.4 Å². The second kappa shape index (κ2) is 6.07. The number of anilines is 1. The third kappa shape index (κ3) is 3.02. The zero-order chi connectivity index (χ0) is 17.3. The molecule has 0 bridgehead atoms. The zero-order valence-corrected chi connectivity index (χ0v) is 13.3. The Kier molecular flexibility index (Phi) is 4.09. The number of aryl methyl sites for hydroxylation is 1. The standard InChI is InChI=1S/C19H18FNO3/c1-12-6-7-16(15(20)8-12)21-17(22)11-19(18(23)24)9-13-4-2-3-5-14(13)10-19/h2-8H,9-11H2,1H3,(H,21,22)(H,23,24). The molecule has 0 saturated heterocycles. The summed E-state index contributed by atoms with van der Waals surface area (Å²) in [6.45, 7) is 1.75. The van der Waals surface area contributed by atoms with Crippen molar-refractivity contribution in [2.75, 3.05) is 5.32 Å². The van der Waals surface area contributed by atoms with Gasteiger partial charge in [-0.15, -0.1) is 0 Å². The van der Waals surface area contributed by atoms with Gasteiger partial charge < -0.3 is 10.4 Å². The quantitative estimate of drug-likeness (QED) is 0.905. The predicted molar refractivity (Wildman–Crippen MR) is 88.3 cm³/mol. The van der Waals surface area contributed by atoms with Gasteiger partial charge in [-0.25, -0.2) is 4.39 Å². The lowest BCUT2D eigenvalue weighted by molar-refractivity contribution is -0.150. The molecule has 4 nitrogen and oxygen atoms in total. The van der Waals surface area contributed by atoms with E-state index in [4.69, 9.17) is 0 Å². The van der Waals surface area contributed by atoms with Crippen LogP contribution >= 0.6 is 0 Å². The minimum absolute atomic E-state index is 0.0710. The van der Waals surface area contributed by atoms with Gasteiger partial charge in [0, 0.05) is 6.42 Å². The molecular weight excluding hydrogens is 309 g/mol. The molecule has 124 valence electrons. The Morgan fingerprint density at radius 3 is 2.33 bits per heavy atom. The SMILES string of the molecule is Cc1ccc(NC(=O)CC2(C(=O)O)Cc3ccccc3C2)c(F)c1. The lowest BCUT2D eigenvalue weighted by Crippen LogP contribution is -2.36. The fourth-order valence-corrected chi connectivity index (χ4v) is 3.27. The maximum atomic E-state index is 13.9. The molecule has 0 heterocycles. The van der Waals surface area contributed by atoms with Crippen molar-refractivity contribution < 1.29 is 19.1 Å². The summed E-state index contributed by atoms with van der Waals surface area (Å²) in [5.74, 6) is -2.02. The van der Waals surface area contributed by atoms with E-state index in [1.54, 1.807) is 13.0 Å². The van der Waals surface area contributed by atoms with Gasteiger partial charge in [0.15, 0.2) is 0 Å². The highest BCUT2D eigenvalue weighted by molar-refractivity contribution is 5.95. The molecule has 0 aromatic heterocycles. The van der Waals surface area contributed by atoms with E-state index in [0.29, 0.717) is 12.8 Å². The molecule has 0 atom stereocenters. The Morgan fingerprint density at radius 2 is 1.79 bits per heavy atom. The molecule has 1 aliphatic rings. The predicted octanol–water partition coefficient (Wildman–Crippen LogP) is 3.33. The highest BCUT2D eigenvalue weighted by Crippen LogP contribution is 2.40. The Morgan fingerprint density at radius 1 is 1.17 bits per heavy atom. The smallest absolute Gasteiger partial charge is 0.310 e. The van der Waals surface area contributed by atoms with Crippen molar-refractivity contribution in [2.45, 2.75) is 26.2 Å². The van der Waals surface area contributed by atoms with Crippen LogP contribution in [0.2, 0.25) is 0 Å². The summed E-state index contributed by atoms with van der Waals surface area (Å²) in [6, 6.07) is 12.0. The van der Waals surface area contributed by atoms with Crippen molar-refractivity contribution >= 4 is 17.6 Å². The first-order chi connectivity index (χ1) is 11.4. The fraction of sp³-hybridized carbons (Fsp3) is 0.263. The van der Waals surface area contributed by atoms with Gasteiger partial charge in [-0.2, -0.15) is 0 Å². The number of amides is 1. The van der Waals surface area contributed by atoms with Gasteiger partial charge in [-0.05, 0) is 48.6 Å². The Balaban J connectivity index is 1.78. The number of hydrogen-bond donors (Lipinski definition) is 2. The molecule has 0 fully saturated rings. The van der Waals surface area contributed by atoms with Crippen molar-refractivity contribution in [3.05, 3.63) is 65.0 Å². The summed E-state index contributed by atoms with van der Waals surface area (Å²) in [4.78, 5) is 24.2. The second-order valence-electron chi connectivity index (χ2n) is 6.42. The van der Waals surface area contributed by atoms with E-state index in [2.05, 4.69) is 5.32 Å². The summed E-state index contributed by atoms with van der Waals surface area (Å²) in [6.07, 6.45) is 0.426. The average molecular weight is 327 g/mol. The number of nitrogens with one attached hydrogen (secondary N) is 1. The average Bonchev–Trinajstić information content (AvgIpc) is 2.89. The summed E-state index contributed by atoms with van der Waals surface area (Å²) in [5.41, 5.74) is 1.55. The van der Waals surface area contributed by atoms with E-state index in [1.807, 2.05) is 24.3 Å². The fourth-order valence-electron chi connectivity index (χ4n) is 3.27. The summed E-state index contributed by atoms with van der Waals surface area (Å²) in [7, 11) is 0. The number of carboxylic acid groups (broad SMARTS) is 1. The van der Waals surface area contributed by atoms with Crippen LogP contribution in [-0.4, -0.2) is 17.0 Å². The first-order valence-corrected chi connectivity index (χ1v) is 7.76. The van der Waals surface area contributed by atoms with Gasteiger partial charge in [0.25, 0.3) is 0 Å². The first kappa shape index (κ1) is 16.2. The highest BCUT2D eigenvalue weighted by atomic mass is 19.1. The summed E-state index contributed by atoms with van der Waals surface area (Å²) >= 11 is 0. The van der Waals surface area contributed by atoms with Crippen LogP contribution in [0.25, 0.3) is 0 Å². The molecule has 2 aromatic rings. The third-order valence-corrected chi connectivity index (χ3v) is 4.53.